The zero-order chi connectivity index (χ0) is 20.1. The van der Waals surface area contributed by atoms with Crippen molar-refractivity contribution in [2.24, 2.45) is 0 Å². The third-order valence-corrected chi connectivity index (χ3v) is 4.85. The van der Waals surface area contributed by atoms with Gasteiger partial charge in [0.15, 0.2) is 6.61 Å². The summed E-state index contributed by atoms with van der Waals surface area (Å²) in [5.41, 5.74) is 7.18. The maximum Gasteiger partial charge on any atom is 0.340 e. The van der Waals surface area contributed by atoms with Gasteiger partial charge in [0.25, 0.3) is 5.91 Å². The number of rotatable bonds is 5. The summed E-state index contributed by atoms with van der Waals surface area (Å²) in [6, 6.07) is 12.3. The van der Waals surface area contributed by atoms with Gasteiger partial charge >= 0.3 is 5.97 Å². The van der Waals surface area contributed by atoms with E-state index in [0.717, 1.165) is 11.4 Å². The Labute approximate surface area is 168 Å². The minimum absolute atomic E-state index is 0.193. The second kappa shape index (κ2) is 8.84. The molecular formula is C20H22ClN3O4. The molecular weight excluding hydrogens is 382 g/mol. The quantitative estimate of drug-likeness (QED) is 0.609. The van der Waals surface area contributed by atoms with E-state index in [1.165, 1.54) is 12.1 Å². The van der Waals surface area contributed by atoms with Gasteiger partial charge in [0.05, 0.1) is 18.4 Å². The van der Waals surface area contributed by atoms with Crippen LogP contribution in [0.2, 0.25) is 5.02 Å². The minimum atomic E-state index is -0.643. The summed E-state index contributed by atoms with van der Waals surface area (Å²) in [6.07, 6.45) is 0. The zero-order valence-corrected chi connectivity index (χ0v) is 16.3. The molecule has 0 spiro atoms. The third-order valence-electron chi connectivity index (χ3n) is 4.62. The number of esters is 1. The Morgan fingerprint density at radius 1 is 1.11 bits per heavy atom. The number of nitrogen functional groups attached to an aromatic ring is 1. The molecule has 1 heterocycles. The summed E-state index contributed by atoms with van der Waals surface area (Å²) in [7, 11) is 1.64. The fourth-order valence-electron chi connectivity index (χ4n) is 3.10. The maximum atomic E-state index is 12.4. The van der Waals surface area contributed by atoms with Gasteiger partial charge in [-0.15, -0.1) is 0 Å². The summed E-state index contributed by atoms with van der Waals surface area (Å²) in [4.78, 5) is 28.4. The van der Waals surface area contributed by atoms with Crippen LogP contribution in [-0.4, -0.2) is 56.7 Å². The van der Waals surface area contributed by atoms with E-state index in [1.54, 1.807) is 18.1 Å². The number of piperazine rings is 1. The molecule has 1 aliphatic rings. The Bertz CT molecular complexity index is 866. The second-order valence-corrected chi connectivity index (χ2v) is 6.78. The summed E-state index contributed by atoms with van der Waals surface area (Å²) in [6.45, 7) is 2.10. The van der Waals surface area contributed by atoms with Gasteiger partial charge in [-0.05, 0) is 30.3 Å². The number of ether oxygens (including phenoxy) is 2. The Kier molecular flexibility index (Phi) is 6.26. The smallest absolute Gasteiger partial charge is 0.340 e. The molecule has 3 rings (SSSR count). The first-order chi connectivity index (χ1) is 13.5. The zero-order valence-electron chi connectivity index (χ0n) is 15.6. The molecule has 0 aliphatic carbocycles. The molecule has 0 saturated carbocycles. The maximum absolute atomic E-state index is 12.4. The lowest BCUT2D eigenvalue weighted by molar-refractivity contribution is -0.134. The number of methoxy groups -OCH3 is 1. The highest BCUT2D eigenvalue weighted by Crippen LogP contribution is 2.28. The van der Waals surface area contributed by atoms with Crippen LogP contribution in [-0.2, 0) is 9.53 Å². The average Bonchev–Trinajstić information content (AvgIpc) is 2.72. The number of halogens is 1. The molecule has 0 aromatic heterocycles. The molecule has 2 N–H and O–H groups in total. The van der Waals surface area contributed by atoms with E-state index in [-0.39, 0.29) is 23.8 Å². The van der Waals surface area contributed by atoms with Gasteiger partial charge in [0.1, 0.15) is 5.75 Å². The van der Waals surface area contributed by atoms with Crippen molar-refractivity contribution in [3.63, 3.8) is 0 Å². The lowest BCUT2D eigenvalue weighted by Gasteiger charge is -2.36. The van der Waals surface area contributed by atoms with Crippen LogP contribution in [0.1, 0.15) is 10.4 Å². The number of hydrogen-bond donors (Lipinski definition) is 1. The van der Waals surface area contributed by atoms with Crippen molar-refractivity contribution < 1.29 is 19.1 Å². The highest BCUT2D eigenvalue weighted by molar-refractivity contribution is 6.31. The van der Waals surface area contributed by atoms with Crippen molar-refractivity contribution in [2.75, 3.05) is 50.5 Å². The Hall–Kier alpha value is -2.93. The molecule has 0 unspecified atom stereocenters. The van der Waals surface area contributed by atoms with Crippen molar-refractivity contribution >= 4 is 34.9 Å². The first-order valence-electron chi connectivity index (χ1n) is 8.87. The number of carbonyl (C=O) groups is 2. The minimum Gasteiger partial charge on any atom is -0.495 e. The van der Waals surface area contributed by atoms with Crippen LogP contribution in [0.3, 0.4) is 0 Å². The van der Waals surface area contributed by atoms with E-state index in [2.05, 4.69) is 4.90 Å². The Morgan fingerprint density at radius 3 is 2.50 bits per heavy atom. The predicted molar refractivity (Wildman–Crippen MR) is 108 cm³/mol. The van der Waals surface area contributed by atoms with Gasteiger partial charge < -0.3 is 25.0 Å². The SMILES string of the molecule is COc1ccccc1N1CCN(C(=O)COC(=O)c2ccc(Cl)cc2N)CC1. The summed E-state index contributed by atoms with van der Waals surface area (Å²) in [5.74, 6) is -0.0764. The molecule has 2 aromatic rings. The number of carbonyl (C=O) groups excluding carboxylic acids is 2. The van der Waals surface area contributed by atoms with Crippen LogP contribution in [0.15, 0.2) is 42.5 Å². The van der Waals surface area contributed by atoms with Gasteiger partial charge in [-0.2, -0.15) is 0 Å². The number of nitrogens with two attached hydrogens (primary N) is 1. The first kappa shape index (κ1) is 19.8. The standard InChI is InChI=1S/C20H22ClN3O4/c1-27-18-5-3-2-4-17(18)23-8-10-24(11-9-23)19(25)13-28-20(26)15-7-6-14(21)12-16(15)22/h2-7,12H,8-11,13,22H2,1H3. The third kappa shape index (κ3) is 4.48. The number of para-hydroxylation sites is 2. The van der Waals surface area contributed by atoms with Crippen molar-refractivity contribution in [1.29, 1.82) is 0 Å². The predicted octanol–water partition coefficient (Wildman–Crippen LogP) is 2.44. The summed E-state index contributed by atoms with van der Waals surface area (Å²) in [5, 5.41) is 0.429. The second-order valence-electron chi connectivity index (χ2n) is 6.35. The number of hydrogen-bond acceptors (Lipinski definition) is 6. The molecule has 28 heavy (non-hydrogen) atoms. The van der Waals surface area contributed by atoms with E-state index in [1.807, 2.05) is 24.3 Å². The van der Waals surface area contributed by atoms with E-state index in [4.69, 9.17) is 26.8 Å². The van der Waals surface area contributed by atoms with Crippen molar-refractivity contribution in [2.45, 2.75) is 0 Å². The topological polar surface area (TPSA) is 85.1 Å². The monoisotopic (exact) mass is 403 g/mol. The van der Waals surface area contributed by atoms with Crippen molar-refractivity contribution in [3.05, 3.63) is 53.1 Å². The molecule has 0 radical (unpaired) electrons. The lowest BCUT2D eigenvalue weighted by Crippen LogP contribution is -2.50. The number of anilines is 2. The first-order valence-corrected chi connectivity index (χ1v) is 9.25. The van der Waals surface area contributed by atoms with Gasteiger partial charge in [-0.3, -0.25) is 4.79 Å². The molecule has 7 nitrogen and oxygen atoms in total. The molecule has 2 aromatic carbocycles. The largest absolute Gasteiger partial charge is 0.495 e. The normalized spacial score (nSPS) is 13.9. The lowest BCUT2D eigenvalue weighted by atomic mass is 10.2. The van der Waals surface area contributed by atoms with Gasteiger partial charge in [0, 0.05) is 36.9 Å². The summed E-state index contributed by atoms with van der Waals surface area (Å²) >= 11 is 5.82. The van der Waals surface area contributed by atoms with Crippen molar-refractivity contribution in [1.82, 2.24) is 4.90 Å². The van der Waals surface area contributed by atoms with E-state index in [9.17, 15) is 9.59 Å². The van der Waals surface area contributed by atoms with E-state index >= 15 is 0 Å². The van der Waals surface area contributed by atoms with Crippen LogP contribution in [0.25, 0.3) is 0 Å². The molecule has 148 valence electrons. The molecule has 1 amide bonds. The fraction of sp³-hybridized carbons (Fsp3) is 0.300. The molecule has 0 atom stereocenters. The number of nitrogens with zero attached hydrogens (tertiary/aromatic N) is 2. The Morgan fingerprint density at radius 2 is 1.82 bits per heavy atom. The average molecular weight is 404 g/mol. The van der Waals surface area contributed by atoms with Crippen LogP contribution in [0.4, 0.5) is 11.4 Å². The van der Waals surface area contributed by atoms with Crippen LogP contribution in [0, 0.1) is 0 Å². The summed E-state index contributed by atoms with van der Waals surface area (Å²) < 4.78 is 10.5. The fourth-order valence-corrected chi connectivity index (χ4v) is 3.28. The van der Waals surface area contributed by atoms with Gasteiger partial charge in [-0.1, -0.05) is 23.7 Å². The van der Waals surface area contributed by atoms with Gasteiger partial charge in [0.2, 0.25) is 0 Å². The Balaban J connectivity index is 1.52. The van der Waals surface area contributed by atoms with Crippen LogP contribution in [0.5, 0.6) is 5.75 Å². The molecule has 0 bridgehead atoms. The van der Waals surface area contributed by atoms with Gasteiger partial charge in [-0.25, -0.2) is 4.79 Å². The molecule has 1 fully saturated rings. The highest BCUT2D eigenvalue weighted by Gasteiger charge is 2.24. The van der Waals surface area contributed by atoms with E-state index < -0.39 is 5.97 Å². The van der Waals surface area contributed by atoms with E-state index in [0.29, 0.717) is 31.2 Å². The molecule has 1 aliphatic heterocycles. The highest BCUT2D eigenvalue weighted by atomic mass is 35.5. The molecule has 8 heteroatoms. The van der Waals surface area contributed by atoms with Crippen LogP contribution >= 0.6 is 11.6 Å². The molecule has 1 saturated heterocycles. The van der Waals surface area contributed by atoms with Crippen molar-refractivity contribution in [3.8, 4) is 5.75 Å². The number of amides is 1. The number of benzene rings is 2. The van der Waals surface area contributed by atoms with Crippen LogP contribution < -0.4 is 15.4 Å².